The minimum Gasteiger partial charge on any atom is -0.349 e. The number of thiazole rings is 1. The molecule has 3 heterocycles. The number of hydrogen-bond acceptors (Lipinski definition) is 6. The highest BCUT2D eigenvalue weighted by molar-refractivity contribution is 7.99. The third-order valence-electron chi connectivity index (χ3n) is 4.70. The van der Waals surface area contributed by atoms with Gasteiger partial charge < -0.3 is 10.2 Å². The number of hydrogen-bond donors (Lipinski definition) is 1. The predicted molar refractivity (Wildman–Crippen MR) is 120 cm³/mol. The van der Waals surface area contributed by atoms with Crippen molar-refractivity contribution in [1.82, 2.24) is 15.2 Å². The van der Waals surface area contributed by atoms with Gasteiger partial charge in [0.25, 0.3) is 0 Å². The van der Waals surface area contributed by atoms with Crippen molar-refractivity contribution in [3.63, 3.8) is 0 Å². The molecule has 2 amide bonds. The number of thioether (sulfide) groups is 1. The molecule has 8 heteroatoms. The summed E-state index contributed by atoms with van der Waals surface area (Å²) < 4.78 is 0. The fourth-order valence-electron chi connectivity index (χ4n) is 3.14. The molecule has 1 unspecified atom stereocenters. The Balaban J connectivity index is 1.30. The minimum atomic E-state index is -0.404. The highest BCUT2D eigenvalue weighted by Crippen LogP contribution is 2.28. The van der Waals surface area contributed by atoms with Gasteiger partial charge in [0.2, 0.25) is 11.8 Å². The molecule has 0 bridgehead atoms. The zero-order valence-electron chi connectivity index (χ0n) is 15.7. The van der Waals surface area contributed by atoms with Gasteiger partial charge in [-0.2, -0.15) is 0 Å². The van der Waals surface area contributed by atoms with E-state index < -0.39 is 6.04 Å². The van der Waals surface area contributed by atoms with Crippen molar-refractivity contribution < 1.29 is 9.59 Å². The summed E-state index contributed by atoms with van der Waals surface area (Å²) in [5.41, 5.74) is 1.98. The van der Waals surface area contributed by atoms with Gasteiger partial charge in [-0.1, -0.05) is 36.4 Å². The van der Waals surface area contributed by atoms with Crippen LogP contribution in [0.3, 0.4) is 0 Å². The molecule has 1 N–H and O–H groups in total. The maximum atomic E-state index is 12.7. The summed E-state index contributed by atoms with van der Waals surface area (Å²) >= 11 is 4.86. The zero-order valence-corrected chi connectivity index (χ0v) is 18.2. The first-order valence-electron chi connectivity index (χ1n) is 9.38. The molecule has 5 nitrogen and oxygen atoms in total. The molecule has 1 saturated heterocycles. The van der Waals surface area contributed by atoms with Gasteiger partial charge in [-0.05, 0) is 23.4 Å². The molecule has 1 fully saturated rings. The van der Waals surface area contributed by atoms with E-state index in [1.165, 1.54) is 0 Å². The van der Waals surface area contributed by atoms with Crippen molar-refractivity contribution in [3.05, 3.63) is 64.5 Å². The van der Waals surface area contributed by atoms with Gasteiger partial charge in [-0.15, -0.1) is 34.4 Å². The number of nitrogens with one attached hydrogen (secondary N) is 1. The Kier molecular flexibility index (Phi) is 6.63. The van der Waals surface area contributed by atoms with Gasteiger partial charge in [0, 0.05) is 17.6 Å². The summed E-state index contributed by atoms with van der Waals surface area (Å²) in [7, 11) is 0. The number of rotatable bonds is 7. The van der Waals surface area contributed by atoms with E-state index in [0.717, 1.165) is 21.1 Å². The summed E-state index contributed by atoms with van der Waals surface area (Å²) in [5.74, 6) is 1.15. The molecule has 1 aromatic carbocycles. The Morgan fingerprint density at radius 1 is 1.14 bits per heavy atom. The van der Waals surface area contributed by atoms with Gasteiger partial charge >= 0.3 is 0 Å². The Labute approximate surface area is 182 Å². The fraction of sp³-hybridized carbons (Fsp3) is 0.286. The number of amides is 2. The third-order valence-corrected chi connectivity index (χ3v) is 7.65. The van der Waals surface area contributed by atoms with E-state index in [2.05, 4.69) is 10.3 Å². The number of carbonyl (C=O) groups is 2. The van der Waals surface area contributed by atoms with Crippen LogP contribution in [0.2, 0.25) is 0 Å². The van der Waals surface area contributed by atoms with Crippen LogP contribution < -0.4 is 5.32 Å². The average Bonchev–Trinajstić information content (AvgIpc) is 3.51. The van der Waals surface area contributed by atoms with Gasteiger partial charge in [0.1, 0.15) is 11.0 Å². The van der Waals surface area contributed by atoms with Crippen LogP contribution >= 0.6 is 34.4 Å². The molecule has 29 heavy (non-hydrogen) atoms. The highest BCUT2D eigenvalue weighted by Gasteiger charge is 2.34. The second kappa shape index (κ2) is 9.56. The number of nitrogens with zero attached hydrogens (tertiary/aromatic N) is 2. The Morgan fingerprint density at radius 2 is 2.00 bits per heavy atom. The summed E-state index contributed by atoms with van der Waals surface area (Å²) in [6.45, 7) is 0.383. The Morgan fingerprint density at radius 3 is 2.79 bits per heavy atom. The fourth-order valence-corrected chi connectivity index (χ4v) is 5.96. The van der Waals surface area contributed by atoms with Crippen LogP contribution in [0.15, 0.2) is 53.2 Å². The van der Waals surface area contributed by atoms with Gasteiger partial charge in [-0.25, -0.2) is 4.98 Å². The van der Waals surface area contributed by atoms with Crippen LogP contribution in [0, 0.1) is 0 Å². The van der Waals surface area contributed by atoms with Crippen LogP contribution in [0.5, 0.6) is 0 Å². The summed E-state index contributed by atoms with van der Waals surface area (Å²) in [4.78, 5) is 32.8. The van der Waals surface area contributed by atoms with Gasteiger partial charge in [0.05, 0.1) is 23.0 Å². The van der Waals surface area contributed by atoms with E-state index in [4.69, 9.17) is 0 Å². The first kappa shape index (κ1) is 20.1. The molecular weight excluding hydrogens is 422 g/mol. The smallest absolute Gasteiger partial charge is 0.244 e. The zero-order chi connectivity index (χ0) is 20.1. The second-order valence-electron chi connectivity index (χ2n) is 6.70. The molecule has 1 aliphatic heterocycles. The molecule has 2 aromatic heterocycles. The number of thiophene rings is 1. The maximum Gasteiger partial charge on any atom is 0.244 e. The number of benzene rings is 1. The Bertz CT molecular complexity index is 957. The van der Waals surface area contributed by atoms with Crippen LogP contribution in [-0.4, -0.2) is 39.4 Å². The van der Waals surface area contributed by atoms with Gasteiger partial charge in [0.15, 0.2) is 0 Å². The van der Waals surface area contributed by atoms with E-state index in [1.807, 2.05) is 53.2 Å². The van der Waals surface area contributed by atoms with E-state index in [9.17, 15) is 9.59 Å². The van der Waals surface area contributed by atoms with E-state index in [1.54, 1.807) is 39.3 Å². The summed E-state index contributed by atoms with van der Waals surface area (Å²) in [6, 6.07) is 13.6. The largest absolute Gasteiger partial charge is 0.349 e. The van der Waals surface area contributed by atoms with Crippen molar-refractivity contribution in [1.29, 1.82) is 0 Å². The average molecular weight is 444 g/mol. The topological polar surface area (TPSA) is 62.3 Å². The van der Waals surface area contributed by atoms with E-state index >= 15 is 0 Å². The third kappa shape index (κ3) is 5.07. The molecular formula is C21H21N3O2S3. The molecule has 0 spiro atoms. The van der Waals surface area contributed by atoms with Crippen molar-refractivity contribution in [3.8, 4) is 9.88 Å². The lowest BCUT2D eigenvalue weighted by molar-refractivity contribution is -0.138. The molecule has 0 radical (unpaired) electrons. The number of aromatic nitrogens is 1. The normalized spacial score (nSPS) is 16.1. The molecule has 1 aliphatic rings. The molecule has 0 aliphatic carbocycles. The minimum absolute atomic E-state index is 0.0349. The van der Waals surface area contributed by atoms with Crippen molar-refractivity contribution in [2.75, 3.05) is 11.6 Å². The molecule has 4 rings (SSSR count). The molecule has 0 saturated carbocycles. The van der Waals surface area contributed by atoms with Crippen LogP contribution in [0.25, 0.3) is 9.88 Å². The molecule has 1 atom stereocenters. The van der Waals surface area contributed by atoms with E-state index in [-0.39, 0.29) is 11.8 Å². The SMILES string of the molecule is O=C(NCc1csc(-c2cccs2)n1)C1CSCN1C(=O)CCc1ccccc1. The van der Waals surface area contributed by atoms with Crippen LogP contribution in [-0.2, 0) is 22.6 Å². The van der Waals surface area contributed by atoms with Crippen LogP contribution in [0.4, 0.5) is 0 Å². The second-order valence-corrected chi connectivity index (χ2v) is 9.51. The summed E-state index contributed by atoms with van der Waals surface area (Å²) in [6.07, 6.45) is 1.12. The van der Waals surface area contributed by atoms with Crippen molar-refractivity contribution in [2.24, 2.45) is 0 Å². The molecule has 150 valence electrons. The quantitative estimate of drug-likeness (QED) is 0.599. The monoisotopic (exact) mass is 443 g/mol. The highest BCUT2D eigenvalue weighted by atomic mass is 32.2. The lowest BCUT2D eigenvalue weighted by Crippen LogP contribution is -2.47. The Hall–Kier alpha value is -2.16. The standard InChI is InChI=1S/C21H21N3O2S3/c25-19(9-8-15-5-2-1-3-6-15)24-14-27-13-17(24)20(26)22-11-16-12-29-21(23-16)18-7-4-10-28-18/h1-7,10,12,17H,8-9,11,13-14H2,(H,22,26). The first-order chi connectivity index (χ1) is 14.2. The lowest BCUT2D eigenvalue weighted by Gasteiger charge is -2.23. The van der Waals surface area contributed by atoms with Crippen molar-refractivity contribution in [2.45, 2.75) is 25.4 Å². The molecule has 3 aromatic rings. The lowest BCUT2D eigenvalue weighted by atomic mass is 10.1. The van der Waals surface area contributed by atoms with E-state index in [0.29, 0.717) is 31.0 Å². The van der Waals surface area contributed by atoms with Crippen LogP contribution in [0.1, 0.15) is 17.7 Å². The first-order valence-corrected chi connectivity index (χ1v) is 12.3. The summed E-state index contributed by atoms with van der Waals surface area (Å²) in [5, 5.41) is 7.93. The number of aryl methyl sites for hydroxylation is 1. The van der Waals surface area contributed by atoms with Gasteiger partial charge in [-0.3, -0.25) is 9.59 Å². The van der Waals surface area contributed by atoms with Crippen molar-refractivity contribution >= 4 is 46.2 Å². The number of carbonyl (C=O) groups excluding carboxylic acids is 2. The maximum absolute atomic E-state index is 12.7. The predicted octanol–water partition coefficient (Wildman–Crippen LogP) is 4.02.